The van der Waals surface area contributed by atoms with E-state index in [1.54, 1.807) is 30.3 Å². The predicted molar refractivity (Wildman–Crippen MR) is 80.3 cm³/mol. The summed E-state index contributed by atoms with van der Waals surface area (Å²) in [5.74, 6) is 1.04. The van der Waals surface area contributed by atoms with Gasteiger partial charge in [-0.05, 0) is 23.6 Å². The molecule has 102 valence electrons. The van der Waals surface area contributed by atoms with Gasteiger partial charge in [0.2, 0.25) is 0 Å². The zero-order valence-electron chi connectivity index (χ0n) is 11.2. The predicted octanol–water partition coefficient (Wildman–Crippen LogP) is 3.95. The molecule has 0 aliphatic rings. The molecular formula is C17H16O3. The number of hydrogen-bond donors (Lipinski definition) is 2. The molecule has 0 aliphatic heterocycles. The minimum absolute atomic E-state index is 0.181. The van der Waals surface area contributed by atoms with E-state index >= 15 is 0 Å². The summed E-state index contributed by atoms with van der Waals surface area (Å²) < 4.78 is 4.79. The molecule has 0 atom stereocenters. The van der Waals surface area contributed by atoms with E-state index in [4.69, 9.17) is 9.84 Å². The van der Waals surface area contributed by atoms with E-state index in [0.717, 1.165) is 10.8 Å². The second-order valence-corrected chi connectivity index (χ2v) is 4.17. The highest BCUT2D eigenvalue weighted by Gasteiger charge is 1.95. The van der Waals surface area contributed by atoms with Gasteiger partial charge < -0.3 is 14.9 Å². The first kappa shape index (κ1) is 13.7. The fourth-order valence-electron chi connectivity index (χ4n) is 1.84. The minimum atomic E-state index is 0.181. The number of phenols is 2. The molecule has 0 unspecified atom stereocenters. The maximum Gasteiger partial charge on any atom is 0.160 e. The number of rotatable bonds is 1. The van der Waals surface area contributed by atoms with E-state index in [1.165, 1.54) is 7.11 Å². The Labute approximate surface area is 117 Å². The van der Waals surface area contributed by atoms with Gasteiger partial charge in [0.05, 0.1) is 7.11 Å². The number of benzene rings is 3. The van der Waals surface area contributed by atoms with Crippen LogP contribution >= 0.6 is 0 Å². The van der Waals surface area contributed by atoms with Crippen LogP contribution in [0.4, 0.5) is 0 Å². The van der Waals surface area contributed by atoms with Crippen LogP contribution in [-0.2, 0) is 0 Å². The lowest BCUT2D eigenvalue weighted by atomic mass is 10.1. The molecule has 3 aromatic rings. The first-order chi connectivity index (χ1) is 9.72. The zero-order valence-corrected chi connectivity index (χ0v) is 11.2. The van der Waals surface area contributed by atoms with Gasteiger partial charge in [-0.15, -0.1) is 0 Å². The Morgan fingerprint density at radius 2 is 1.30 bits per heavy atom. The molecule has 2 N–H and O–H groups in total. The molecule has 0 radical (unpaired) electrons. The summed E-state index contributed by atoms with van der Waals surface area (Å²) in [6.07, 6.45) is 0. The third-order valence-electron chi connectivity index (χ3n) is 2.85. The van der Waals surface area contributed by atoms with Crippen LogP contribution < -0.4 is 4.74 Å². The molecule has 3 nitrogen and oxygen atoms in total. The quantitative estimate of drug-likeness (QED) is 0.702. The van der Waals surface area contributed by atoms with Crippen molar-refractivity contribution in [3.63, 3.8) is 0 Å². The summed E-state index contributed by atoms with van der Waals surface area (Å²) in [6, 6.07) is 20.1. The van der Waals surface area contributed by atoms with Crippen LogP contribution in [0.2, 0.25) is 0 Å². The molecule has 0 aliphatic carbocycles. The second kappa shape index (κ2) is 6.48. The highest BCUT2D eigenvalue weighted by molar-refractivity contribution is 5.87. The largest absolute Gasteiger partial charge is 0.507 e. The maximum absolute atomic E-state index is 9.37. The molecule has 0 spiro atoms. The Morgan fingerprint density at radius 1 is 0.700 bits per heavy atom. The van der Waals surface area contributed by atoms with Crippen molar-refractivity contribution in [3.8, 4) is 17.2 Å². The molecule has 3 rings (SSSR count). The average molecular weight is 268 g/mol. The molecule has 0 amide bonds. The molecule has 0 saturated heterocycles. The average Bonchev–Trinajstić information content (AvgIpc) is 2.49. The number of hydrogen-bond acceptors (Lipinski definition) is 3. The lowest BCUT2D eigenvalue weighted by Crippen LogP contribution is -1.80. The Bertz CT molecular complexity index is 687. The van der Waals surface area contributed by atoms with Crippen LogP contribution in [0.15, 0.2) is 66.7 Å². The van der Waals surface area contributed by atoms with Crippen molar-refractivity contribution in [2.45, 2.75) is 0 Å². The van der Waals surface area contributed by atoms with Crippen molar-refractivity contribution in [2.24, 2.45) is 0 Å². The summed E-state index contributed by atoms with van der Waals surface area (Å²) in [5, 5.41) is 20.3. The van der Waals surface area contributed by atoms with Crippen molar-refractivity contribution < 1.29 is 14.9 Å². The minimum Gasteiger partial charge on any atom is -0.507 e. The first-order valence-corrected chi connectivity index (χ1v) is 6.21. The van der Waals surface area contributed by atoms with Gasteiger partial charge in [-0.3, -0.25) is 0 Å². The van der Waals surface area contributed by atoms with Crippen LogP contribution in [0.5, 0.6) is 17.2 Å². The van der Waals surface area contributed by atoms with Gasteiger partial charge in [0.25, 0.3) is 0 Å². The Morgan fingerprint density at radius 3 is 1.95 bits per heavy atom. The summed E-state index contributed by atoms with van der Waals surface area (Å²) in [5.41, 5.74) is 0. The fourth-order valence-corrected chi connectivity index (χ4v) is 1.84. The van der Waals surface area contributed by atoms with E-state index in [9.17, 15) is 5.11 Å². The first-order valence-electron chi connectivity index (χ1n) is 6.21. The number of fused-ring (bicyclic) bond motifs is 1. The normalized spacial score (nSPS) is 9.65. The van der Waals surface area contributed by atoms with Crippen LogP contribution in [0.3, 0.4) is 0 Å². The van der Waals surface area contributed by atoms with E-state index < -0.39 is 0 Å². The number of para-hydroxylation sites is 2. The molecule has 20 heavy (non-hydrogen) atoms. The maximum atomic E-state index is 9.37. The van der Waals surface area contributed by atoms with Gasteiger partial charge in [0.1, 0.15) is 5.75 Å². The van der Waals surface area contributed by atoms with Crippen molar-refractivity contribution in [3.05, 3.63) is 66.7 Å². The lowest BCUT2D eigenvalue weighted by Gasteiger charge is -1.99. The second-order valence-electron chi connectivity index (χ2n) is 4.17. The highest BCUT2D eigenvalue weighted by atomic mass is 16.5. The Kier molecular flexibility index (Phi) is 4.45. The van der Waals surface area contributed by atoms with E-state index in [0.29, 0.717) is 11.5 Å². The van der Waals surface area contributed by atoms with E-state index in [2.05, 4.69) is 0 Å². The Hall–Kier alpha value is -2.68. The van der Waals surface area contributed by atoms with Crippen molar-refractivity contribution >= 4 is 10.8 Å². The molecular weight excluding hydrogens is 252 g/mol. The van der Waals surface area contributed by atoms with Crippen molar-refractivity contribution in [1.29, 1.82) is 0 Å². The molecule has 0 heterocycles. The van der Waals surface area contributed by atoms with Gasteiger partial charge in [-0.25, -0.2) is 0 Å². The summed E-state index contributed by atoms with van der Waals surface area (Å²) in [6.45, 7) is 0. The van der Waals surface area contributed by atoms with Crippen LogP contribution in [0.1, 0.15) is 0 Å². The van der Waals surface area contributed by atoms with E-state index in [-0.39, 0.29) is 5.75 Å². The van der Waals surface area contributed by atoms with Gasteiger partial charge in [-0.1, -0.05) is 48.5 Å². The topological polar surface area (TPSA) is 49.7 Å². The Balaban J connectivity index is 0.000000151. The number of ether oxygens (including phenoxy) is 1. The molecule has 0 bridgehead atoms. The molecule has 3 heteroatoms. The third-order valence-corrected chi connectivity index (χ3v) is 2.85. The third kappa shape index (κ3) is 3.20. The molecule has 0 saturated carbocycles. The monoisotopic (exact) mass is 268 g/mol. The summed E-state index contributed by atoms with van der Waals surface area (Å²) in [7, 11) is 1.52. The highest BCUT2D eigenvalue weighted by Crippen LogP contribution is 2.23. The molecule has 0 fully saturated rings. The van der Waals surface area contributed by atoms with Crippen molar-refractivity contribution in [2.75, 3.05) is 7.11 Å². The number of aromatic hydroxyl groups is 2. The lowest BCUT2D eigenvalue weighted by molar-refractivity contribution is 0.373. The number of phenolic OH excluding ortho intramolecular Hbond substituents is 2. The fraction of sp³-hybridized carbons (Fsp3) is 0.0588. The zero-order chi connectivity index (χ0) is 14.4. The van der Waals surface area contributed by atoms with E-state index in [1.807, 2.05) is 36.4 Å². The van der Waals surface area contributed by atoms with Crippen LogP contribution in [0, 0.1) is 0 Å². The van der Waals surface area contributed by atoms with Gasteiger partial charge in [-0.2, -0.15) is 0 Å². The summed E-state index contributed by atoms with van der Waals surface area (Å²) in [4.78, 5) is 0. The standard InChI is InChI=1S/C10H8O.C7H8O2/c11-10-7-3-5-8-4-1-2-6-9(8)10;1-9-7-5-3-2-4-6(7)8/h1-7,11H;2-5,8H,1H3. The molecule has 0 aromatic heterocycles. The van der Waals surface area contributed by atoms with Crippen LogP contribution in [-0.4, -0.2) is 17.3 Å². The number of methoxy groups -OCH3 is 1. The van der Waals surface area contributed by atoms with Gasteiger partial charge in [0.15, 0.2) is 11.5 Å². The SMILES string of the molecule is COc1ccccc1O.Oc1cccc2ccccc12. The van der Waals surface area contributed by atoms with Crippen LogP contribution in [0.25, 0.3) is 10.8 Å². The molecule has 3 aromatic carbocycles. The smallest absolute Gasteiger partial charge is 0.160 e. The summed E-state index contributed by atoms with van der Waals surface area (Å²) >= 11 is 0. The van der Waals surface area contributed by atoms with Gasteiger partial charge in [0, 0.05) is 5.39 Å². The van der Waals surface area contributed by atoms with Crippen molar-refractivity contribution in [1.82, 2.24) is 0 Å². The van der Waals surface area contributed by atoms with Gasteiger partial charge >= 0.3 is 0 Å².